The minimum absolute atomic E-state index is 0.157. The van der Waals surface area contributed by atoms with Crippen molar-refractivity contribution >= 4 is 35.0 Å². The predicted octanol–water partition coefficient (Wildman–Crippen LogP) is 5.02. The van der Waals surface area contributed by atoms with Crippen molar-refractivity contribution in [2.24, 2.45) is 0 Å². The highest BCUT2D eigenvalue weighted by atomic mass is 35.5. The van der Waals surface area contributed by atoms with E-state index in [2.05, 4.69) is 5.32 Å². The van der Waals surface area contributed by atoms with Crippen molar-refractivity contribution < 1.29 is 9.59 Å². The van der Waals surface area contributed by atoms with E-state index in [9.17, 15) is 9.59 Å². The first-order chi connectivity index (χ1) is 14.0. The van der Waals surface area contributed by atoms with Crippen LogP contribution in [0.3, 0.4) is 0 Å². The zero-order valence-corrected chi connectivity index (χ0v) is 18.0. The number of aryl methyl sites for hydroxylation is 1. The van der Waals surface area contributed by atoms with Gasteiger partial charge in [0.15, 0.2) is 0 Å². The summed E-state index contributed by atoms with van der Waals surface area (Å²) in [6.07, 6.45) is 4.18. The summed E-state index contributed by atoms with van der Waals surface area (Å²) >= 11 is 12.0. The Hall–Kier alpha value is -2.04. The number of alkyl halides is 1. The monoisotopic (exact) mass is 432 g/mol. The van der Waals surface area contributed by atoms with Gasteiger partial charge in [0.2, 0.25) is 11.8 Å². The van der Waals surface area contributed by atoms with Crippen LogP contribution in [-0.2, 0) is 16.1 Å². The largest absolute Gasteiger partial charge is 0.351 e. The number of nitrogens with zero attached hydrogens (tertiary/aromatic N) is 1. The van der Waals surface area contributed by atoms with Crippen molar-refractivity contribution in [1.82, 2.24) is 10.2 Å². The number of halogens is 2. The molecule has 1 atom stereocenters. The second kappa shape index (κ2) is 10.1. The molecule has 0 saturated heterocycles. The average molecular weight is 433 g/mol. The van der Waals surface area contributed by atoms with E-state index >= 15 is 0 Å². The Morgan fingerprint density at radius 3 is 2.28 bits per heavy atom. The molecule has 0 spiro atoms. The Kier molecular flexibility index (Phi) is 7.57. The fraction of sp³-hybridized carbons (Fsp3) is 0.391. The molecule has 1 aliphatic rings. The van der Waals surface area contributed by atoms with Gasteiger partial charge >= 0.3 is 0 Å². The van der Waals surface area contributed by atoms with Gasteiger partial charge in [-0.3, -0.25) is 9.59 Å². The Balaban J connectivity index is 1.94. The van der Waals surface area contributed by atoms with Gasteiger partial charge in [0, 0.05) is 17.6 Å². The normalized spacial score (nSPS) is 15.1. The lowest BCUT2D eigenvalue weighted by molar-refractivity contribution is -0.140. The van der Waals surface area contributed by atoms with E-state index in [1.54, 1.807) is 29.2 Å². The summed E-state index contributed by atoms with van der Waals surface area (Å²) in [5.74, 6) is -0.648. The Bertz CT molecular complexity index is 831. The summed E-state index contributed by atoms with van der Waals surface area (Å²) in [5, 5.41) is 3.72. The van der Waals surface area contributed by atoms with E-state index in [1.165, 1.54) is 0 Å². The van der Waals surface area contributed by atoms with E-state index in [-0.39, 0.29) is 23.7 Å². The van der Waals surface area contributed by atoms with Crippen molar-refractivity contribution in [2.75, 3.05) is 5.88 Å². The smallest absolute Gasteiger partial charge is 0.247 e. The van der Waals surface area contributed by atoms with Crippen LogP contribution in [0.1, 0.15) is 48.4 Å². The molecule has 2 amide bonds. The molecule has 154 valence electrons. The number of carbonyl (C=O) groups is 2. The zero-order chi connectivity index (χ0) is 20.8. The molecule has 1 fully saturated rings. The number of hydrogen-bond donors (Lipinski definition) is 1. The SMILES string of the molecule is Cc1ccc(CN(C(=O)CCl)[C@H](C(=O)NC2CCCC2)c2ccc(Cl)cc2)cc1. The molecule has 29 heavy (non-hydrogen) atoms. The molecule has 2 aromatic carbocycles. The highest BCUT2D eigenvalue weighted by Gasteiger charge is 2.32. The quantitative estimate of drug-likeness (QED) is 0.624. The van der Waals surface area contributed by atoms with E-state index in [0.717, 1.165) is 42.4 Å². The van der Waals surface area contributed by atoms with Crippen LogP contribution in [0.2, 0.25) is 5.02 Å². The van der Waals surface area contributed by atoms with Crippen molar-refractivity contribution in [3.05, 3.63) is 70.2 Å². The molecule has 1 aliphatic carbocycles. The number of amides is 2. The van der Waals surface area contributed by atoms with Crippen LogP contribution >= 0.6 is 23.2 Å². The summed E-state index contributed by atoms with van der Waals surface area (Å²) in [6, 6.07) is 14.4. The van der Waals surface area contributed by atoms with Crippen LogP contribution in [0, 0.1) is 6.92 Å². The second-order valence-corrected chi connectivity index (χ2v) is 8.29. The highest BCUT2D eigenvalue weighted by Crippen LogP contribution is 2.27. The number of benzene rings is 2. The molecule has 3 rings (SSSR count). The van der Waals surface area contributed by atoms with Crippen molar-refractivity contribution in [1.29, 1.82) is 0 Å². The van der Waals surface area contributed by atoms with Crippen LogP contribution in [0.15, 0.2) is 48.5 Å². The maximum Gasteiger partial charge on any atom is 0.247 e. The average Bonchev–Trinajstić information content (AvgIpc) is 3.22. The summed E-state index contributed by atoms with van der Waals surface area (Å²) in [5.41, 5.74) is 2.80. The summed E-state index contributed by atoms with van der Waals surface area (Å²) in [6.45, 7) is 2.31. The summed E-state index contributed by atoms with van der Waals surface area (Å²) in [4.78, 5) is 27.7. The van der Waals surface area contributed by atoms with Crippen molar-refractivity contribution in [3.63, 3.8) is 0 Å². The van der Waals surface area contributed by atoms with Crippen molar-refractivity contribution in [3.8, 4) is 0 Å². The van der Waals surface area contributed by atoms with Gasteiger partial charge in [0.25, 0.3) is 0 Å². The molecule has 0 bridgehead atoms. The number of hydrogen-bond acceptors (Lipinski definition) is 2. The topological polar surface area (TPSA) is 49.4 Å². The molecule has 0 aliphatic heterocycles. The van der Waals surface area contributed by atoms with Gasteiger partial charge in [-0.1, -0.05) is 66.4 Å². The highest BCUT2D eigenvalue weighted by molar-refractivity contribution is 6.30. The van der Waals surface area contributed by atoms with E-state index < -0.39 is 6.04 Å². The number of carbonyl (C=O) groups excluding carboxylic acids is 2. The van der Waals surface area contributed by atoms with E-state index in [0.29, 0.717) is 11.6 Å². The first kappa shape index (κ1) is 21.7. The van der Waals surface area contributed by atoms with Crippen LogP contribution < -0.4 is 5.32 Å². The first-order valence-corrected chi connectivity index (χ1v) is 10.9. The summed E-state index contributed by atoms with van der Waals surface area (Å²) < 4.78 is 0. The van der Waals surface area contributed by atoms with E-state index in [4.69, 9.17) is 23.2 Å². The Morgan fingerprint density at radius 1 is 1.07 bits per heavy atom. The van der Waals surface area contributed by atoms with Gasteiger partial charge in [0.05, 0.1) is 0 Å². The third-order valence-electron chi connectivity index (χ3n) is 5.36. The van der Waals surface area contributed by atoms with Gasteiger partial charge in [-0.05, 0) is 43.0 Å². The predicted molar refractivity (Wildman–Crippen MR) is 117 cm³/mol. The van der Waals surface area contributed by atoms with Crippen LogP contribution in [0.4, 0.5) is 0 Å². The molecular formula is C23H26Cl2N2O2. The lowest BCUT2D eigenvalue weighted by atomic mass is 10.0. The van der Waals surface area contributed by atoms with Gasteiger partial charge < -0.3 is 10.2 Å². The summed E-state index contributed by atoms with van der Waals surface area (Å²) in [7, 11) is 0. The van der Waals surface area contributed by atoms with Gasteiger partial charge in [-0.25, -0.2) is 0 Å². The molecule has 1 N–H and O–H groups in total. The molecule has 1 saturated carbocycles. The molecule has 0 radical (unpaired) electrons. The molecular weight excluding hydrogens is 407 g/mol. The van der Waals surface area contributed by atoms with Crippen LogP contribution in [0.25, 0.3) is 0 Å². The number of nitrogens with one attached hydrogen (secondary N) is 1. The van der Waals surface area contributed by atoms with Gasteiger partial charge in [-0.2, -0.15) is 0 Å². The Labute approximate surface area is 182 Å². The van der Waals surface area contributed by atoms with Crippen LogP contribution in [-0.4, -0.2) is 28.6 Å². The van der Waals surface area contributed by atoms with Gasteiger partial charge in [-0.15, -0.1) is 11.6 Å². The van der Waals surface area contributed by atoms with Crippen LogP contribution in [0.5, 0.6) is 0 Å². The minimum atomic E-state index is -0.764. The fourth-order valence-corrected chi connectivity index (χ4v) is 4.04. The standard InChI is InChI=1S/C23H26Cl2N2O2/c1-16-6-8-17(9-7-16)15-27(21(28)14-24)22(18-10-12-19(25)13-11-18)23(29)26-20-4-2-3-5-20/h6-13,20,22H,2-5,14-15H2,1H3,(H,26,29)/t22-/m0/s1. The van der Waals surface area contributed by atoms with Gasteiger partial charge in [0.1, 0.15) is 11.9 Å². The third-order valence-corrected chi connectivity index (χ3v) is 5.84. The van der Waals surface area contributed by atoms with Crippen molar-refractivity contribution in [2.45, 2.75) is 51.2 Å². The maximum absolute atomic E-state index is 13.3. The maximum atomic E-state index is 13.3. The lowest BCUT2D eigenvalue weighted by Crippen LogP contribution is -2.46. The molecule has 2 aromatic rings. The lowest BCUT2D eigenvalue weighted by Gasteiger charge is -2.32. The minimum Gasteiger partial charge on any atom is -0.351 e. The molecule has 0 heterocycles. The first-order valence-electron chi connectivity index (χ1n) is 9.94. The molecule has 4 nitrogen and oxygen atoms in total. The molecule has 0 aromatic heterocycles. The Morgan fingerprint density at radius 2 is 1.69 bits per heavy atom. The van der Waals surface area contributed by atoms with E-state index in [1.807, 2.05) is 31.2 Å². The second-order valence-electron chi connectivity index (χ2n) is 7.58. The number of rotatable bonds is 7. The molecule has 0 unspecified atom stereocenters. The third kappa shape index (κ3) is 5.74. The molecule has 6 heteroatoms. The zero-order valence-electron chi connectivity index (χ0n) is 16.5. The fourth-order valence-electron chi connectivity index (χ4n) is 3.76.